The Balaban J connectivity index is 1.23. The molecule has 0 radical (unpaired) electrons. The minimum Gasteiger partial charge on any atom is -0.489 e. The summed E-state index contributed by atoms with van der Waals surface area (Å²) in [5.74, 6) is 0.694. The van der Waals surface area contributed by atoms with Crippen molar-refractivity contribution in [3.63, 3.8) is 0 Å². The second kappa shape index (κ2) is 9.66. The molecule has 1 aromatic heterocycles. The number of nitrogens with one attached hydrogen (secondary N) is 1. The van der Waals surface area contributed by atoms with Crippen molar-refractivity contribution in [2.24, 2.45) is 0 Å². The van der Waals surface area contributed by atoms with Gasteiger partial charge in [-0.2, -0.15) is 0 Å². The average Bonchev–Trinajstić information content (AvgIpc) is 3.64. The summed E-state index contributed by atoms with van der Waals surface area (Å²) in [7, 11) is 0. The molecule has 0 unspecified atom stereocenters. The minimum absolute atomic E-state index is 0.0465. The first-order chi connectivity index (χ1) is 19.0. The Hall–Kier alpha value is -3.95. The third-order valence-electron chi connectivity index (χ3n) is 7.90. The van der Waals surface area contributed by atoms with Gasteiger partial charge in [-0.3, -0.25) is 9.36 Å². The Morgan fingerprint density at radius 1 is 1.10 bits per heavy atom. The van der Waals surface area contributed by atoms with Crippen LogP contribution in [-0.4, -0.2) is 40.4 Å². The molecule has 2 N–H and O–H groups in total. The number of carbonyl (C=O) groups is 1. The molecule has 4 heterocycles. The summed E-state index contributed by atoms with van der Waals surface area (Å²) < 4.78 is 34.0. The second-order valence-electron chi connectivity index (χ2n) is 10.3. The van der Waals surface area contributed by atoms with E-state index in [4.69, 9.17) is 24.3 Å². The predicted molar refractivity (Wildman–Crippen MR) is 142 cm³/mol. The molecule has 200 valence electrons. The first-order valence-electron chi connectivity index (χ1n) is 13.3. The van der Waals surface area contributed by atoms with Crippen LogP contribution in [0, 0.1) is 5.82 Å². The van der Waals surface area contributed by atoms with E-state index in [1.807, 2.05) is 30.3 Å². The number of aromatic nitrogens is 2. The van der Waals surface area contributed by atoms with Crippen molar-refractivity contribution in [2.75, 3.05) is 25.1 Å². The maximum atomic E-state index is 14.4. The topological polar surface area (TPSA) is 94.8 Å². The molecular weight excluding hydrogens is 501 g/mol. The van der Waals surface area contributed by atoms with Gasteiger partial charge in [-0.25, -0.2) is 9.37 Å². The summed E-state index contributed by atoms with van der Waals surface area (Å²) in [4.78, 5) is 16.1. The van der Waals surface area contributed by atoms with Gasteiger partial charge in [0.2, 0.25) is 0 Å². The van der Waals surface area contributed by atoms with Gasteiger partial charge in [0.15, 0.2) is 0 Å². The summed E-state index contributed by atoms with van der Waals surface area (Å²) in [6, 6.07) is 16.6. The number of carboxylic acids is 1. The van der Waals surface area contributed by atoms with Crippen LogP contribution in [0.1, 0.15) is 59.8 Å². The van der Waals surface area contributed by atoms with Crippen LogP contribution < -0.4 is 10.1 Å². The summed E-state index contributed by atoms with van der Waals surface area (Å²) in [5, 5.41) is 12.7. The van der Waals surface area contributed by atoms with Crippen molar-refractivity contribution in [1.82, 2.24) is 9.55 Å². The Morgan fingerprint density at radius 3 is 2.82 bits per heavy atom. The molecule has 9 heteroatoms. The van der Waals surface area contributed by atoms with Crippen LogP contribution in [-0.2, 0) is 20.9 Å². The van der Waals surface area contributed by atoms with E-state index >= 15 is 0 Å². The Labute approximate surface area is 224 Å². The van der Waals surface area contributed by atoms with Crippen molar-refractivity contribution in [2.45, 2.75) is 43.9 Å². The van der Waals surface area contributed by atoms with Crippen molar-refractivity contribution in [3.8, 4) is 11.4 Å². The third kappa shape index (κ3) is 4.31. The van der Waals surface area contributed by atoms with E-state index < -0.39 is 12.1 Å². The number of carboxylic acid groups (broad SMARTS) is 1. The number of hydrogen-bond donors (Lipinski definition) is 2. The lowest BCUT2D eigenvalue weighted by Gasteiger charge is -2.23. The van der Waals surface area contributed by atoms with Crippen molar-refractivity contribution in [3.05, 3.63) is 82.9 Å². The zero-order valence-electron chi connectivity index (χ0n) is 21.2. The highest BCUT2D eigenvalue weighted by atomic mass is 19.1. The lowest BCUT2D eigenvalue weighted by atomic mass is 9.99. The van der Waals surface area contributed by atoms with Crippen LogP contribution in [0.25, 0.3) is 16.7 Å². The van der Waals surface area contributed by atoms with E-state index in [2.05, 4.69) is 16.0 Å². The maximum Gasteiger partial charge on any atom is 0.306 e. The average molecular weight is 530 g/mol. The Kier molecular flexibility index (Phi) is 5.97. The quantitative estimate of drug-likeness (QED) is 0.333. The maximum absolute atomic E-state index is 14.4. The van der Waals surface area contributed by atoms with E-state index in [-0.39, 0.29) is 24.2 Å². The predicted octanol–water partition coefficient (Wildman–Crippen LogP) is 5.65. The van der Waals surface area contributed by atoms with Gasteiger partial charge in [0.25, 0.3) is 0 Å². The van der Waals surface area contributed by atoms with Gasteiger partial charge in [-0.15, -0.1) is 0 Å². The van der Waals surface area contributed by atoms with Crippen LogP contribution in [0.4, 0.5) is 10.1 Å². The molecule has 0 spiro atoms. The van der Waals surface area contributed by atoms with E-state index in [1.165, 1.54) is 6.07 Å². The normalized spacial score (nSPS) is 20.5. The van der Waals surface area contributed by atoms with Gasteiger partial charge >= 0.3 is 5.97 Å². The van der Waals surface area contributed by atoms with E-state index in [1.54, 1.807) is 12.1 Å². The molecule has 3 aliphatic rings. The van der Waals surface area contributed by atoms with Crippen LogP contribution in [0.5, 0.6) is 5.75 Å². The monoisotopic (exact) mass is 529 g/mol. The first kappa shape index (κ1) is 24.1. The number of halogens is 1. The number of benzene rings is 3. The number of para-hydroxylation sites is 1. The molecule has 0 bridgehead atoms. The fourth-order valence-corrected chi connectivity index (χ4v) is 6.02. The number of aliphatic carboxylic acids is 1. The fourth-order valence-electron chi connectivity index (χ4n) is 6.02. The largest absolute Gasteiger partial charge is 0.489 e. The summed E-state index contributed by atoms with van der Waals surface area (Å²) in [6.07, 6.45) is 1.27. The van der Waals surface area contributed by atoms with E-state index in [9.17, 15) is 9.18 Å². The van der Waals surface area contributed by atoms with Gasteiger partial charge in [0.05, 0.1) is 41.9 Å². The molecule has 2 atom stereocenters. The number of rotatable bonds is 6. The van der Waals surface area contributed by atoms with Gasteiger partial charge in [0.1, 0.15) is 24.0 Å². The van der Waals surface area contributed by atoms with Crippen molar-refractivity contribution >= 4 is 22.7 Å². The first-order valence-corrected chi connectivity index (χ1v) is 13.3. The summed E-state index contributed by atoms with van der Waals surface area (Å²) in [5.41, 5.74) is 6.18. The highest BCUT2D eigenvalue weighted by Crippen LogP contribution is 2.43. The molecule has 0 amide bonds. The lowest BCUT2D eigenvalue weighted by Crippen LogP contribution is -2.18. The molecule has 4 aromatic rings. The fraction of sp³-hybridized carbons (Fsp3) is 0.333. The number of hydrogen-bond acceptors (Lipinski definition) is 6. The highest BCUT2D eigenvalue weighted by Gasteiger charge is 2.31. The van der Waals surface area contributed by atoms with Crippen LogP contribution in [0.2, 0.25) is 0 Å². The van der Waals surface area contributed by atoms with Gasteiger partial charge in [-0.1, -0.05) is 18.2 Å². The van der Waals surface area contributed by atoms with E-state index in [0.29, 0.717) is 26.4 Å². The van der Waals surface area contributed by atoms with Gasteiger partial charge in [0, 0.05) is 36.4 Å². The van der Waals surface area contributed by atoms with Crippen LogP contribution in [0.3, 0.4) is 0 Å². The SMILES string of the molecule is O=C(O)C[C@@H]1OCc2cc(N[C@@H]3COc4c3cccc4-n3c(C4CCOCC4)nc4ccc(F)cc43)ccc21. The summed E-state index contributed by atoms with van der Waals surface area (Å²) in [6.45, 7) is 2.19. The van der Waals surface area contributed by atoms with Crippen LogP contribution >= 0.6 is 0 Å². The van der Waals surface area contributed by atoms with Gasteiger partial charge < -0.3 is 24.6 Å². The molecule has 0 aliphatic carbocycles. The molecule has 8 nitrogen and oxygen atoms in total. The highest BCUT2D eigenvalue weighted by molar-refractivity contribution is 5.80. The van der Waals surface area contributed by atoms with E-state index in [0.717, 1.165) is 63.5 Å². The zero-order chi connectivity index (χ0) is 26.5. The molecule has 1 saturated heterocycles. The number of anilines is 1. The third-order valence-corrected chi connectivity index (χ3v) is 7.90. The zero-order valence-corrected chi connectivity index (χ0v) is 21.2. The summed E-state index contributed by atoms with van der Waals surface area (Å²) >= 11 is 0. The Morgan fingerprint density at radius 2 is 1.97 bits per heavy atom. The molecule has 1 fully saturated rings. The molecule has 3 aliphatic heterocycles. The smallest absolute Gasteiger partial charge is 0.306 e. The van der Waals surface area contributed by atoms with Crippen molar-refractivity contribution < 1.29 is 28.5 Å². The molecule has 3 aromatic carbocycles. The van der Waals surface area contributed by atoms with Crippen molar-refractivity contribution in [1.29, 1.82) is 0 Å². The molecule has 7 rings (SSSR count). The number of nitrogens with zero attached hydrogens (tertiary/aromatic N) is 2. The number of ether oxygens (including phenoxy) is 3. The van der Waals surface area contributed by atoms with Crippen LogP contribution in [0.15, 0.2) is 54.6 Å². The Bertz CT molecular complexity index is 1580. The number of fused-ring (bicyclic) bond motifs is 3. The number of imidazole rings is 1. The standard InChI is InChI=1S/C30H28FN3O5/c31-19-4-7-23-26(13-19)34(30(33-23)17-8-10-37-11-9-17)25-3-1-2-22-24(16-39-29(22)25)32-20-5-6-21-18(12-20)15-38-27(21)14-28(35)36/h1-7,12-13,17,24,27,32H,8-11,14-16H2,(H,35,36)/t24-,27+/m1/s1. The second-order valence-corrected chi connectivity index (χ2v) is 10.3. The molecular formula is C30H28FN3O5. The molecule has 39 heavy (non-hydrogen) atoms. The van der Waals surface area contributed by atoms with Gasteiger partial charge in [-0.05, 0) is 54.3 Å². The minimum atomic E-state index is -0.876. The lowest BCUT2D eigenvalue weighted by molar-refractivity contribution is -0.140. The molecule has 0 saturated carbocycles.